The van der Waals surface area contributed by atoms with Gasteiger partial charge < -0.3 is 4.42 Å². The van der Waals surface area contributed by atoms with E-state index in [0.717, 1.165) is 56.8 Å². The highest BCUT2D eigenvalue weighted by Crippen LogP contribution is 2.21. The van der Waals surface area contributed by atoms with Crippen LogP contribution in [0.3, 0.4) is 0 Å². The highest BCUT2D eigenvalue weighted by molar-refractivity contribution is 7.89. The normalized spacial score (nSPS) is 17.7. The minimum Gasteiger partial charge on any atom is -0.466 e. The molecule has 0 atom stereocenters. The monoisotopic (exact) mass is 342 g/mol. The molecule has 1 N–H and O–H groups in total. The molecule has 1 aromatic heterocycles. The lowest BCUT2D eigenvalue weighted by molar-refractivity contribution is 0.178. The zero-order valence-corrected chi connectivity index (χ0v) is 15.4. The van der Waals surface area contributed by atoms with Crippen LogP contribution in [-0.2, 0) is 16.6 Å². The molecule has 1 fully saturated rings. The van der Waals surface area contributed by atoms with Crippen LogP contribution in [-0.4, -0.2) is 38.7 Å². The van der Waals surface area contributed by atoms with E-state index in [1.165, 1.54) is 5.56 Å². The summed E-state index contributed by atoms with van der Waals surface area (Å²) in [5.41, 5.74) is 1.27. The molecule has 0 saturated carbocycles. The van der Waals surface area contributed by atoms with Crippen LogP contribution in [0.25, 0.3) is 0 Å². The van der Waals surface area contributed by atoms with E-state index >= 15 is 0 Å². The van der Waals surface area contributed by atoms with Crippen LogP contribution in [0.5, 0.6) is 0 Å². The van der Waals surface area contributed by atoms with E-state index in [1.807, 2.05) is 20.8 Å². The Morgan fingerprint density at radius 2 is 2.00 bits per heavy atom. The Balaban J connectivity index is 1.72. The van der Waals surface area contributed by atoms with Gasteiger partial charge in [-0.15, -0.1) is 0 Å². The molecule has 132 valence electrons. The van der Waals surface area contributed by atoms with Crippen molar-refractivity contribution >= 4 is 10.0 Å². The Morgan fingerprint density at radius 3 is 2.57 bits per heavy atom. The molecule has 1 aliphatic heterocycles. The van der Waals surface area contributed by atoms with Crippen molar-refractivity contribution in [3.63, 3.8) is 0 Å². The number of likely N-dealkylation sites (tertiary alicyclic amines) is 1. The molecule has 1 aromatic rings. The molecule has 0 amide bonds. The highest BCUT2D eigenvalue weighted by atomic mass is 32.2. The third kappa shape index (κ3) is 5.94. The summed E-state index contributed by atoms with van der Waals surface area (Å²) in [6.07, 6.45) is 3.74. The summed E-state index contributed by atoms with van der Waals surface area (Å²) < 4.78 is 32.1. The van der Waals surface area contributed by atoms with Gasteiger partial charge in [0.15, 0.2) is 0 Å². The summed E-state index contributed by atoms with van der Waals surface area (Å²) in [4.78, 5) is 2.43. The van der Waals surface area contributed by atoms with Crippen LogP contribution < -0.4 is 4.72 Å². The van der Waals surface area contributed by atoms with Crippen molar-refractivity contribution in [2.75, 3.05) is 25.4 Å². The Kier molecular flexibility index (Phi) is 6.68. The zero-order valence-electron chi connectivity index (χ0n) is 14.6. The summed E-state index contributed by atoms with van der Waals surface area (Å²) >= 11 is 0. The van der Waals surface area contributed by atoms with Gasteiger partial charge in [-0.1, -0.05) is 13.3 Å². The van der Waals surface area contributed by atoms with Gasteiger partial charge in [0, 0.05) is 18.7 Å². The number of hydrogen-bond acceptors (Lipinski definition) is 4. The molecular formula is C17H30N2O3S. The van der Waals surface area contributed by atoms with Crippen LogP contribution in [0.4, 0.5) is 0 Å². The van der Waals surface area contributed by atoms with Crippen LogP contribution in [0.2, 0.25) is 0 Å². The van der Waals surface area contributed by atoms with E-state index in [0.29, 0.717) is 12.5 Å². The van der Waals surface area contributed by atoms with Gasteiger partial charge in [0.1, 0.15) is 11.5 Å². The summed E-state index contributed by atoms with van der Waals surface area (Å²) in [7, 11) is -3.08. The van der Waals surface area contributed by atoms with E-state index < -0.39 is 10.0 Å². The van der Waals surface area contributed by atoms with Gasteiger partial charge in [-0.05, 0) is 58.2 Å². The smallest absolute Gasteiger partial charge is 0.211 e. The van der Waals surface area contributed by atoms with Gasteiger partial charge in [0.25, 0.3) is 0 Å². The van der Waals surface area contributed by atoms with Gasteiger partial charge in [0.05, 0.1) is 5.75 Å². The molecule has 5 nitrogen and oxygen atoms in total. The molecule has 2 rings (SSSR count). The lowest BCUT2D eigenvalue weighted by Gasteiger charge is -2.31. The maximum absolute atomic E-state index is 11.8. The van der Waals surface area contributed by atoms with Gasteiger partial charge >= 0.3 is 0 Å². The fraction of sp³-hybridized carbons (Fsp3) is 0.765. The second-order valence-corrected chi connectivity index (χ2v) is 8.61. The van der Waals surface area contributed by atoms with Crippen molar-refractivity contribution < 1.29 is 12.8 Å². The Hall–Kier alpha value is -0.850. The van der Waals surface area contributed by atoms with Gasteiger partial charge in [-0.25, -0.2) is 13.1 Å². The van der Waals surface area contributed by atoms with Gasteiger partial charge in [-0.2, -0.15) is 0 Å². The molecule has 23 heavy (non-hydrogen) atoms. The summed E-state index contributed by atoms with van der Waals surface area (Å²) in [6, 6.07) is 2.11. The van der Waals surface area contributed by atoms with E-state index in [2.05, 4.69) is 15.7 Å². The number of rotatable bonds is 8. The lowest BCUT2D eigenvalue weighted by Crippen LogP contribution is -2.38. The minimum atomic E-state index is -3.08. The Morgan fingerprint density at radius 1 is 1.30 bits per heavy atom. The standard InChI is InChI=1S/C17H30N2O3S/c1-4-5-10-23(20,21)18-12-16-6-8-19(9-7-16)13-17-11-14(2)22-15(17)3/h11,16,18H,4-10,12-13H2,1-3H3. The SMILES string of the molecule is CCCCS(=O)(=O)NCC1CCN(Cc2cc(C)oc2C)CC1. The van der Waals surface area contributed by atoms with Crippen LogP contribution in [0.1, 0.15) is 49.7 Å². The molecule has 1 saturated heterocycles. The summed E-state index contributed by atoms with van der Waals surface area (Å²) in [5.74, 6) is 2.68. The number of aryl methyl sites for hydroxylation is 2. The number of nitrogens with one attached hydrogen (secondary N) is 1. The molecule has 0 aliphatic carbocycles. The summed E-state index contributed by atoms with van der Waals surface area (Å²) in [5, 5.41) is 0. The molecule has 2 heterocycles. The van der Waals surface area contributed by atoms with Crippen molar-refractivity contribution in [3.8, 4) is 0 Å². The second kappa shape index (κ2) is 8.31. The molecule has 0 bridgehead atoms. The van der Waals surface area contributed by atoms with Crippen molar-refractivity contribution in [1.29, 1.82) is 0 Å². The largest absolute Gasteiger partial charge is 0.466 e. The van der Waals surface area contributed by atoms with Gasteiger partial charge in [-0.3, -0.25) is 4.90 Å². The second-order valence-electron chi connectivity index (χ2n) is 6.68. The van der Waals surface area contributed by atoms with E-state index in [4.69, 9.17) is 4.42 Å². The first-order valence-corrected chi connectivity index (χ1v) is 10.3. The number of unbranched alkanes of at least 4 members (excludes halogenated alkanes) is 1. The Labute approximate surface area is 140 Å². The molecule has 1 aliphatic rings. The van der Waals surface area contributed by atoms with Crippen LogP contribution >= 0.6 is 0 Å². The molecule has 0 radical (unpaired) electrons. The van der Waals surface area contributed by atoms with E-state index in [9.17, 15) is 8.42 Å². The fourth-order valence-corrected chi connectivity index (χ4v) is 4.38. The first-order chi connectivity index (χ1) is 10.9. The summed E-state index contributed by atoms with van der Waals surface area (Å²) in [6.45, 7) is 9.56. The zero-order chi connectivity index (χ0) is 16.9. The maximum Gasteiger partial charge on any atom is 0.211 e. The number of hydrogen-bond donors (Lipinski definition) is 1. The highest BCUT2D eigenvalue weighted by Gasteiger charge is 2.22. The van der Waals surface area contributed by atoms with Crippen molar-refractivity contribution in [3.05, 3.63) is 23.2 Å². The fourth-order valence-electron chi connectivity index (χ4n) is 3.08. The first kappa shape index (κ1) is 18.5. The number of sulfonamides is 1. The lowest BCUT2D eigenvalue weighted by atomic mass is 9.97. The average molecular weight is 343 g/mol. The Bertz CT molecular complexity index is 587. The van der Waals surface area contributed by atoms with Gasteiger partial charge in [0.2, 0.25) is 10.0 Å². The predicted molar refractivity (Wildman–Crippen MR) is 92.9 cm³/mol. The number of piperidine rings is 1. The molecule has 0 unspecified atom stereocenters. The van der Waals surface area contributed by atoms with E-state index in [-0.39, 0.29) is 5.75 Å². The predicted octanol–water partition coefficient (Wildman–Crippen LogP) is 2.83. The number of nitrogens with zero attached hydrogens (tertiary/aromatic N) is 1. The van der Waals surface area contributed by atoms with Crippen molar-refractivity contribution in [1.82, 2.24) is 9.62 Å². The van der Waals surface area contributed by atoms with E-state index in [1.54, 1.807) is 0 Å². The molecule has 0 spiro atoms. The van der Waals surface area contributed by atoms with Crippen molar-refractivity contribution in [2.24, 2.45) is 5.92 Å². The molecule has 6 heteroatoms. The average Bonchev–Trinajstić information content (AvgIpc) is 2.82. The first-order valence-electron chi connectivity index (χ1n) is 8.65. The molecule has 0 aromatic carbocycles. The maximum atomic E-state index is 11.8. The van der Waals surface area contributed by atoms with Crippen LogP contribution in [0.15, 0.2) is 10.5 Å². The van der Waals surface area contributed by atoms with Crippen molar-refractivity contribution in [2.45, 2.75) is 53.0 Å². The van der Waals surface area contributed by atoms with Crippen LogP contribution in [0, 0.1) is 19.8 Å². The minimum absolute atomic E-state index is 0.251. The number of furan rings is 1. The topological polar surface area (TPSA) is 62.6 Å². The quantitative estimate of drug-likeness (QED) is 0.789. The molecular weight excluding hydrogens is 312 g/mol. The third-order valence-electron chi connectivity index (χ3n) is 4.60. The third-order valence-corrected chi connectivity index (χ3v) is 6.04.